The molecule has 0 N–H and O–H groups in total. The molecule has 2 fully saturated rings. The van der Waals surface area contributed by atoms with Crippen LogP contribution >= 0.6 is 0 Å². The van der Waals surface area contributed by atoms with Gasteiger partial charge in [0.2, 0.25) is 11.8 Å². The predicted molar refractivity (Wildman–Crippen MR) is 104 cm³/mol. The SMILES string of the molecule is CC(C)(C)CC(=O)N1CCC(COc2ccc3nc(C4CC4)cn3n2)CC1. The van der Waals surface area contributed by atoms with E-state index < -0.39 is 0 Å². The highest BCUT2D eigenvalue weighted by atomic mass is 16.5. The molecule has 6 heteroatoms. The van der Waals surface area contributed by atoms with Gasteiger partial charge in [-0.3, -0.25) is 4.79 Å². The molecule has 0 bridgehead atoms. The summed E-state index contributed by atoms with van der Waals surface area (Å²) in [5.41, 5.74) is 2.08. The number of nitrogens with zero attached hydrogens (tertiary/aromatic N) is 4. The van der Waals surface area contributed by atoms with Gasteiger partial charge in [-0.1, -0.05) is 20.8 Å². The van der Waals surface area contributed by atoms with Crippen LogP contribution in [0.25, 0.3) is 5.65 Å². The highest BCUT2D eigenvalue weighted by molar-refractivity contribution is 5.76. The normalized spacial score (nSPS) is 18.9. The van der Waals surface area contributed by atoms with E-state index >= 15 is 0 Å². The van der Waals surface area contributed by atoms with Crippen LogP contribution in [0.15, 0.2) is 18.3 Å². The van der Waals surface area contributed by atoms with E-state index in [1.807, 2.05) is 27.7 Å². The van der Waals surface area contributed by atoms with E-state index in [-0.39, 0.29) is 11.3 Å². The number of piperidine rings is 1. The molecule has 146 valence electrons. The van der Waals surface area contributed by atoms with Crippen molar-refractivity contribution in [1.29, 1.82) is 0 Å². The summed E-state index contributed by atoms with van der Waals surface area (Å²) in [5, 5.41) is 4.54. The van der Waals surface area contributed by atoms with E-state index in [9.17, 15) is 4.79 Å². The maximum atomic E-state index is 12.4. The van der Waals surface area contributed by atoms with Crippen LogP contribution in [-0.4, -0.2) is 45.1 Å². The standard InChI is InChI=1S/C21H30N4O2/c1-21(2,3)12-20(26)24-10-8-15(9-11-24)14-27-19-7-6-18-22-17(16-4-5-16)13-25(18)23-19/h6-7,13,15-16H,4-5,8-12,14H2,1-3H3. The van der Waals surface area contributed by atoms with E-state index in [1.165, 1.54) is 12.8 Å². The van der Waals surface area contributed by atoms with Crippen LogP contribution in [0, 0.1) is 11.3 Å². The second-order valence-corrected chi connectivity index (χ2v) is 9.29. The lowest BCUT2D eigenvalue weighted by atomic mass is 9.90. The highest BCUT2D eigenvalue weighted by Crippen LogP contribution is 2.39. The monoisotopic (exact) mass is 370 g/mol. The number of amides is 1. The summed E-state index contributed by atoms with van der Waals surface area (Å²) in [6.45, 7) is 8.67. The largest absolute Gasteiger partial charge is 0.476 e. The Hall–Kier alpha value is -2.11. The van der Waals surface area contributed by atoms with Gasteiger partial charge in [-0.2, -0.15) is 0 Å². The van der Waals surface area contributed by atoms with Crippen molar-refractivity contribution in [2.75, 3.05) is 19.7 Å². The van der Waals surface area contributed by atoms with Gasteiger partial charge in [0.1, 0.15) is 0 Å². The zero-order valence-electron chi connectivity index (χ0n) is 16.6. The Balaban J connectivity index is 1.27. The Labute approximate surface area is 160 Å². The minimum Gasteiger partial charge on any atom is -0.476 e. The fourth-order valence-corrected chi connectivity index (χ4v) is 3.65. The van der Waals surface area contributed by atoms with Gasteiger partial charge in [0.25, 0.3) is 0 Å². The van der Waals surface area contributed by atoms with Gasteiger partial charge < -0.3 is 9.64 Å². The Morgan fingerprint density at radius 1 is 1.19 bits per heavy atom. The first-order chi connectivity index (χ1) is 12.9. The van der Waals surface area contributed by atoms with Gasteiger partial charge in [0.05, 0.1) is 18.5 Å². The molecule has 0 unspecified atom stereocenters. The summed E-state index contributed by atoms with van der Waals surface area (Å²) in [7, 11) is 0. The Morgan fingerprint density at radius 2 is 1.93 bits per heavy atom. The summed E-state index contributed by atoms with van der Waals surface area (Å²) < 4.78 is 7.78. The first-order valence-corrected chi connectivity index (χ1v) is 10.1. The Kier molecular flexibility index (Phi) is 4.82. The van der Waals surface area contributed by atoms with E-state index in [1.54, 1.807) is 0 Å². The number of aromatic nitrogens is 3. The number of imidazole rings is 1. The van der Waals surface area contributed by atoms with Crippen LogP contribution in [0.4, 0.5) is 0 Å². The zero-order valence-corrected chi connectivity index (χ0v) is 16.6. The molecule has 2 aromatic heterocycles. The number of likely N-dealkylation sites (tertiary alicyclic amines) is 1. The topological polar surface area (TPSA) is 59.7 Å². The molecule has 0 atom stereocenters. The van der Waals surface area contributed by atoms with E-state index in [4.69, 9.17) is 4.74 Å². The first-order valence-electron chi connectivity index (χ1n) is 10.1. The highest BCUT2D eigenvalue weighted by Gasteiger charge is 2.27. The summed E-state index contributed by atoms with van der Waals surface area (Å²) in [6.07, 6.45) is 7.11. The number of fused-ring (bicyclic) bond motifs is 1. The van der Waals surface area contributed by atoms with Gasteiger partial charge >= 0.3 is 0 Å². The average Bonchev–Trinajstić information content (AvgIpc) is 3.38. The molecule has 1 aliphatic carbocycles. The van der Waals surface area contributed by atoms with Crippen molar-refractivity contribution < 1.29 is 9.53 Å². The fraction of sp³-hybridized carbons (Fsp3) is 0.667. The molecule has 0 aromatic carbocycles. The molecule has 2 aliphatic rings. The third-order valence-corrected chi connectivity index (χ3v) is 5.43. The minimum atomic E-state index is 0.0497. The van der Waals surface area contributed by atoms with Gasteiger partial charge in [-0.05, 0) is 43.1 Å². The molecule has 1 saturated heterocycles. The molecule has 3 heterocycles. The van der Waals surface area contributed by atoms with Gasteiger partial charge in [-0.25, -0.2) is 9.50 Å². The second-order valence-electron chi connectivity index (χ2n) is 9.29. The Bertz CT molecular complexity index is 811. The molecule has 2 aromatic rings. The maximum absolute atomic E-state index is 12.4. The molecule has 1 saturated carbocycles. The lowest BCUT2D eigenvalue weighted by Gasteiger charge is -2.33. The lowest BCUT2D eigenvalue weighted by Crippen LogP contribution is -2.41. The van der Waals surface area contributed by atoms with Crippen molar-refractivity contribution in [1.82, 2.24) is 19.5 Å². The lowest BCUT2D eigenvalue weighted by molar-refractivity contribution is -0.134. The van der Waals surface area contributed by atoms with Crippen molar-refractivity contribution in [3.63, 3.8) is 0 Å². The van der Waals surface area contributed by atoms with Crippen LogP contribution in [0.5, 0.6) is 5.88 Å². The summed E-state index contributed by atoms with van der Waals surface area (Å²) >= 11 is 0. The molecule has 27 heavy (non-hydrogen) atoms. The quantitative estimate of drug-likeness (QED) is 0.806. The third kappa shape index (κ3) is 4.60. The van der Waals surface area contributed by atoms with Crippen molar-refractivity contribution in [3.05, 3.63) is 24.0 Å². The third-order valence-electron chi connectivity index (χ3n) is 5.43. The molecule has 1 aliphatic heterocycles. The van der Waals surface area contributed by atoms with Gasteiger partial charge in [0, 0.05) is 31.5 Å². The number of hydrogen-bond acceptors (Lipinski definition) is 4. The van der Waals surface area contributed by atoms with Crippen molar-refractivity contribution in [3.8, 4) is 5.88 Å². The second kappa shape index (κ2) is 7.13. The Morgan fingerprint density at radius 3 is 2.59 bits per heavy atom. The predicted octanol–water partition coefficient (Wildman–Crippen LogP) is 3.66. The van der Waals surface area contributed by atoms with E-state index in [2.05, 4.69) is 30.9 Å². The summed E-state index contributed by atoms with van der Waals surface area (Å²) in [4.78, 5) is 19.0. The smallest absolute Gasteiger partial charge is 0.231 e. The number of rotatable bonds is 5. The molecule has 4 rings (SSSR count). The van der Waals surface area contributed by atoms with Gasteiger partial charge in [-0.15, -0.1) is 5.10 Å². The van der Waals surface area contributed by atoms with Crippen LogP contribution in [0.3, 0.4) is 0 Å². The molecule has 0 radical (unpaired) electrons. The molecule has 0 spiro atoms. The molecular formula is C21H30N4O2. The first kappa shape index (κ1) is 18.3. The molecule has 1 amide bonds. The van der Waals surface area contributed by atoms with Crippen molar-refractivity contribution >= 4 is 11.6 Å². The number of carbonyl (C=O) groups is 1. The van der Waals surface area contributed by atoms with Gasteiger partial charge in [0.15, 0.2) is 5.65 Å². The van der Waals surface area contributed by atoms with Crippen LogP contribution in [0.1, 0.15) is 64.5 Å². The number of carbonyl (C=O) groups excluding carboxylic acids is 1. The van der Waals surface area contributed by atoms with Crippen LogP contribution < -0.4 is 4.74 Å². The zero-order chi connectivity index (χ0) is 19.0. The van der Waals surface area contributed by atoms with Crippen LogP contribution in [0.2, 0.25) is 0 Å². The summed E-state index contributed by atoms with van der Waals surface area (Å²) in [5.74, 6) is 2.03. The van der Waals surface area contributed by atoms with Crippen LogP contribution in [-0.2, 0) is 4.79 Å². The van der Waals surface area contributed by atoms with E-state index in [0.717, 1.165) is 37.3 Å². The molecule has 6 nitrogen and oxygen atoms in total. The summed E-state index contributed by atoms with van der Waals surface area (Å²) in [6, 6.07) is 3.88. The minimum absolute atomic E-state index is 0.0497. The van der Waals surface area contributed by atoms with Crippen molar-refractivity contribution in [2.45, 2.75) is 58.8 Å². The average molecular weight is 370 g/mol. The van der Waals surface area contributed by atoms with Crippen molar-refractivity contribution in [2.24, 2.45) is 11.3 Å². The maximum Gasteiger partial charge on any atom is 0.231 e. The molecular weight excluding hydrogens is 340 g/mol. The number of ether oxygens (including phenoxy) is 1. The number of hydrogen-bond donors (Lipinski definition) is 0. The van der Waals surface area contributed by atoms with E-state index in [0.29, 0.717) is 30.7 Å². The fourth-order valence-electron chi connectivity index (χ4n) is 3.65.